The van der Waals surface area contributed by atoms with E-state index in [0.29, 0.717) is 18.4 Å². The third-order valence-corrected chi connectivity index (χ3v) is 3.70. The van der Waals surface area contributed by atoms with E-state index >= 15 is 0 Å². The predicted octanol–water partition coefficient (Wildman–Crippen LogP) is 1.90. The second-order valence-electron chi connectivity index (χ2n) is 5.00. The summed E-state index contributed by atoms with van der Waals surface area (Å²) in [5.41, 5.74) is 1.02. The Hall–Kier alpha value is -1.55. The van der Waals surface area contributed by atoms with Gasteiger partial charge < -0.3 is 14.4 Å². The van der Waals surface area contributed by atoms with E-state index in [1.165, 1.54) is 0 Å². The molecule has 2 aliphatic heterocycles. The number of carbonyl (C=O) groups is 1. The van der Waals surface area contributed by atoms with Crippen molar-refractivity contribution in [3.05, 3.63) is 35.9 Å². The number of hydrogen-bond acceptors (Lipinski definition) is 3. The maximum Gasteiger partial charge on any atom is 0.410 e. The average Bonchev–Trinajstić information content (AvgIpc) is 2.98. The molecule has 0 saturated carbocycles. The summed E-state index contributed by atoms with van der Waals surface area (Å²) in [4.78, 5) is 13.7. The molecule has 0 aromatic heterocycles. The molecular formula is C14H17NO3. The van der Waals surface area contributed by atoms with Gasteiger partial charge in [-0.1, -0.05) is 30.3 Å². The van der Waals surface area contributed by atoms with E-state index in [0.717, 1.165) is 31.9 Å². The van der Waals surface area contributed by atoms with Crippen molar-refractivity contribution in [2.45, 2.75) is 6.61 Å². The Kier molecular flexibility index (Phi) is 3.19. The maximum atomic E-state index is 11.9. The molecule has 0 bridgehead atoms. The summed E-state index contributed by atoms with van der Waals surface area (Å²) in [5, 5.41) is 0. The number of hydrogen-bond donors (Lipinski definition) is 0. The molecule has 0 aliphatic carbocycles. The van der Waals surface area contributed by atoms with Crippen LogP contribution in [0.5, 0.6) is 0 Å². The molecule has 0 spiro atoms. The van der Waals surface area contributed by atoms with Gasteiger partial charge >= 0.3 is 6.09 Å². The number of rotatable bonds is 2. The highest BCUT2D eigenvalue weighted by Crippen LogP contribution is 2.29. The molecule has 1 aromatic rings. The van der Waals surface area contributed by atoms with Gasteiger partial charge in [0.15, 0.2) is 0 Å². The zero-order chi connectivity index (χ0) is 12.4. The van der Waals surface area contributed by atoms with Gasteiger partial charge in [0.1, 0.15) is 6.61 Å². The number of amides is 1. The van der Waals surface area contributed by atoms with Gasteiger partial charge in [-0.05, 0) is 5.56 Å². The fourth-order valence-electron chi connectivity index (χ4n) is 2.65. The second-order valence-corrected chi connectivity index (χ2v) is 5.00. The third-order valence-electron chi connectivity index (χ3n) is 3.70. The molecule has 1 aromatic carbocycles. The fourth-order valence-corrected chi connectivity index (χ4v) is 2.65. The monoisotopic (exact) mass is 247 g/mol. The summed E-state index contributed by atoms with van der Waals surface area (Å²) >= 11 is 0. The highest BCUT2D eigenvalue weighted by molar-refractivity contribution is 5.68. The molecule has 4 heteroatoms. The van der Waals surface area contributed by atoms with E-state index in [1.54, 1.807) is 4.90 Å². The first-order valence-corrected chi connectivity index (χ1v) is 6.36. The molecule has 1 amide bonds. The molecule has 0 N–H and O–H groups in total. The Balaban J connectivity index is 1.50. The Morgan fingerprint density at radius 3 is 2.56 bits per heavy atom. The third kappa shape index (κ3) is 2.34. The van der Waals surface area contributed by atoms with Crippen molar-refractivity contribution >= 4 is 6.09 Å². The SMILES string of the molecule is O=C(OCc1ccccc1)N1C[C@@H]2COC[C@H]2C1. The van der Waals surface area contributed by atoms with Crippen LogP contribution in [0.3, 0.4) is 0 Å². The summed E-state index contributed by atoms with van der Waals surface area (Å²) in [6.45, 7) is 3.47. The lowest BCUT2D eigenvalue weighted by Gasteiger charge is -2.17. The van der Waals surface area contributed by atoms with Gasteiger partial charge in [-0.25, -0.2) is 4.79 Å². The van der Waals surface area contributed by atoms with Crippen molar-refractivity contribution < 1.29 is 14.3 Å². The van der Waals surface area contributed by atoms with Crippen molar-refractivity contribution in [2.75, 3.05) is 26.3 Å². The largest absolute Gasteiger partial charge is 0.445 e. The maximum absolute atomic E-state index is 11.9. The molecular weight excluding hydrogens is 230 g/mol. The Morgan fingerprint density at radius 1 is 1.22 bits per heavy atom. The topological polar surface area (TPSA) is 38.8 Å². The van der Waals surface area contributed by atoms with Crippen molar-refractivity contribution in [3.63, 3.8) is 0 Å². The van der Waals surface area contributed by atoms with Crippen molar-refractivity contribution in [2.24, 2.45) is 11.8 Å². The Morgan fingerprint density at radius 2 is 1.89 bits per heavy atom. The molecule has 0 unspecified atom stereocenters. The van der Waals surface area contributed by atoms with Crippen LogP contribution in [0.1, 0.15) is 5.56 Å². The summed E-state index contributed by atoms with van der Waals surface area (Å²) < 4.78 is 10.7. The highest BCUT2D eigenvalue weighted by atomic mass is 16.6. The van der Waals surface area contributed by atoms with Crippen molar-refractivity contribution in [1.29, 1.82) is 0 Å². The lowest BCUT2D eigenvalue weighted by Crippen LogP contribution is -2.30. The molecule has 0 radical (unpaired) electrons. The van der Waals surface area contributed by atoms with Gasteiger partial charge in [0, 0.05) is 24.9 Å². The number of nitrogens with zero attached hydrogens (tertiary/aromatic N) is 1. The van der Waals surface area contributed by atoms with Gasteiger partial charge in [0.25, 0.3) is 0 Å². The summed E-state index contributed by atoms with van der Waals surface area (Å²) in [7, 11) is 0. The van der Waals surface area contributed by atoms with Crippen LogP contribution in [-0.4, -0.2) is 37.3 Å². The average molecular weight is 247 g/mol. The fraction of sp³-hybridized carbons (Fsp3) is 0.500. The van der Waals surface area contributed by atoms with Crippen LogP contribution in [-0.2, 0) is 16.1 Å². The van der Waals surface area contributed by atoms with Crippen molar-refractivity contribution in [1.82, 2.24) is 4.90 Å². The van der Waals surface area contributed by atoms with Crippen LogP contribution in [0.2, 0.25) is 0 Å². The first-order valence-electron chi connectivity index (χ1n) is 6.36. The molecule has 18 heavy (non-hydrogen) atoms. The molecule has 2 aliphatic rings. The van der Waals surface area contributed by atoms with Crippen LogP contribution < -0.4 is 0 Å². The minimum atomic E-state index is -0.201. The molecule has 3 rings (SSSR count). The first-order chi connectivity index (χ1) is 8.83. The quantitative estimate of drug-likeness (QED) is 0.801. The normalized spacial score (nSPS) is 26.1. The van der Waals surface area contributed by atoms with Gasteiger partial charge in [-0.2, -0.15) is 0 Å². The van der Waals surface area contributed by atoms with Crippen molar-refractivity contribution in [3.8, 4) is 0 Å². The summed E-state index contributed by atoms with van der Waals surface area (Å²) in [6, 6.07) is 9.76. The lowest BCUT2D eigenvalue weighted by molar-refractivity contribution is 0.0935. The summed E-state index contributed by atoms with van der Waals surface area (Å²) in [6.07, 6.45) is -0.201. The van der Waals surface area contributed by atoms with E-state index < -0.39 is 0 Å². The molecule has 2 fully saturated rings. The van der Waals surface area contributed by atoms with Gasteiger partial charge in [-0.15, -0.1) is 0 Å². The van der Waals surface area contributed by atoms with E-state index in [-0.39, 0.29) is 6.09 Å². The molecule has 2 heterocycles. The molecule has 2 saturated heterocycles. The summed E-state index contributed by atoms with van der Waals surface area (Å²) in [5.74, 6) is 1.02. The number of ether oxygens (including phenoxy) is 2. The number of carbonyl (C=O) groups excluding carboxylic acids is 1. The van der Waals surface area contributed by atoms with Gasteiger partial charge in [0.2, 0.25) is 0 Å². The number of benzene rings is 1. The van der Waals surface area contributed by atoms with E-state index in [4.69, 9.17) is 9.47 Å². The van der Waals surface area contributed by atoms with E-state index in [1.807, 2.05) is 30.3 Å². The van der Waals surface area contributed by atoms with Crippen LogP contribution in [0.4, 0.5) is 4.79 Å². The van der Waals surface area contributed by atoms with Gasteiger partial charge in [-0.3, -0.25) is 0 Å². The van der Waals surface area contributed by atoms with Crippen LogP contribution in [0, 0.1) is 11.8 Å². The Labute approximate surface area is 106 Å². The number of fused-ring (bicyclic) bond motifs is 1. The lowest BCUT2D eigenvalue weighted by atomic mass is 10.0. The standard InChI is InChI=1S/C14H17NO3/c16-14(18-8-11-4-2-1-3-5-11)15-6-12-9-17-10-13(12)7-15/h1-5,12-13H,6-10H2/t12-,13-/m1/s1. The number of likely N-dealkylation sites (tertiary alicyclic amines) is 1. The minimum Gasteiger partial charge on any atom is -0.445 e. The Bertz CT molecular complexity index is 408. The van der Waals surface area contributed by atoms with Crippen LogP contribution in [0.15, 0.2) is 30.3 Å². The van der Waals surface area contributed by atoms with Crippen LogP contribution in [0.25, 0.3) is 0 Å². The van der Waals surface area contributed by atoms with Gasteiger partial charge in [0.05, 0.1) is 13.2 Å². The zero-order valence-corrected chi connectivity index (χ0v) is 10.2. The minimum absolute atomic E-state index is 0.201. The molecule has 2 atom stereocenters. The highest BCUT2D eigenvalue weighted by Gasteiger charge is 2.39. The smallest absolute Gasteiger partial charge is 0.410 e. The van der Waals surface area contributed by atoms with E-state index in [2.05, 4.69) is 0 Å². The first kappa shape index (κ1) is 11.5. The second kappa shape index (κ2) is 4.98. The zero-order valence-electron chi connectivity index (χ0n) is 10.2. The predicted molar refractivity (Wildman–Crippen MR) is 66.0 cm³/mol. The molecule has 4 nitrogen and oxygen atoms in total. The van der Waals surface area contributed by atoms with E-state index in [9.17, 15) is 4.79 Å². The molecule has 96 valence electrons. The van der Waals surface area contributed by atoms with Crippen LogP contribution >= 0.6 is 0 Å².